The molecule has 3 N–H and O–H groups in total. The highest BCUT2D eigenvalue weighted by molar-refractivity contribution is 6.02. The van der Waals surface area contributed by atoms with Gasteiger partial charge in [-0.25, -0.2) is 4.79 Å². The highest BCUT2D eigenvalue weighted by atomic mass is 16.5. The van der Waals surface area contributed by atoms with E-state index in [2.05, 4.69) is 22.5 Å². The highest BCUT2D eigenvalue weighted by Gasteiger charge is 2.02. The van der Waals surface area contributed by atoms with Gasteiger partial charge in [-0.2, -0.15) is 5.26 Å². The van der Waals surface area contributed by atoms with Gasteiger partial charge < -0.3 is 20.7 Å². The Kier molecular flexibility index (Phi) is 7.84. The zero-order chi connectivity index (χ0) is 20.2. The number of urea groups is 1. The lowest BCUT2D eigenvalue weighted by Gasteiger charge is -2.07. The number of hydrogen-bond acceptors (Lipinski definition) is 4. The van der Waals surface area contributed by atoms with E-state index in [1.165, 1.54) is 6.08 Å². The molecule has 0 atom stereocenters. The molecule has 0 aliphatic heterocycles. The van der Waals surface area contributed by atoms with Crippen molar-refractivity contribution >= 4 is 29.4 Å². The van der Waals surface area contributed by atoms with E-state index in [0.29, 0.717) is 23.7 Å². The molecule has 0 heterocycles. The van der Waals surface area contributed by atoms with Crippen LogP contribution < -0.4 is 20.7 Å². The first-order valence-electron chi connectivity index (χ1n) is 8.45. The molecule has 0 saturated carbocycles. The van der Waals surface area contributed by atoms with Crippen LogP contribution in [0.2, 0.25) is 0 Å². The third kappa shape index (κ3) is 7.06. The van der Waals surface area contributed by atoms with Gasteiger partial charge in [-0.1, -0.05) is 18.2 Å². The van der Waals surface area contributed by atoms with Crippen molar-refractivity contribution < 1.29 is 14.3 Å². The molecule has 0 fully saturated rings. The summed E-state index contributed by atoms with van der Waals surface area (Å²) in [5, 5.41) is 16.5. The van der Waals surface area contributed by atoms with Gasteiger partial charge >= 0.3 is 6.03 Å². The summed E-state index contributed by atoms with van der Waals surface area (Å²) in [6.07, 6.45) is 4.67. The molecule has 7 nitrogen and oxygen atoms in total. The van der Waals surface area contributed by atoms with Crippen LogP contribution in [0.25, 0.3) is 6.08 Å². The lowest BCUT2D eigenvalue weighted by Crippen LogP contribution is -2.28. The number of nitrogens with one attached hydrogen (secondary N) is 3. The summed E-state index contributed by atoms with van der Waals surface area (Å²) < 4.78 is 5.17. The number of amides is 3. The fraction of sp³-hybridized carbons (Fsp3) is 0.0952. The fourth-order valence-electron chi connectivity index (χ4n) is 2.12. The average Bonchev–Trinajstić information content (AvgIpc) is 2.71. The van der Waals surface area contributed by atoms with E-state index in [0.717, 1.165) is 5.56 Å². The van der Waals surface area contributed by atoms with Crippen molar-refractivity contribution in [2.75, 3.05) is 23.8 Å². The van der Waals surface area contributed by atoms with Gasteiger partial charge in [0.1, 0.15) is 11.8 Å². The molecule has 0 unspecified atom stereocenters. The smallest absolute Gasteiger partial charge is 0.319 e. The summed E-state index contributed by atoms with van der Waals surface area (Å²) >= 11 is 0. The molecule has 3 amide bonds. The second-order valence-corrected chi connectivity index (χ2v) is 5.54. The predicted octanol–water partition coefficient (Wildman–Crippen LogP) is 3.55. The van der Waals surface area contributed by atoms with Crippen LogP contribution in [0.1, 0.15) is 5.56 Å². The molecule has 0 radical (unpaired) electrons. The maximum Gasteiger partial charge on any atom is 0.319 e. The Balaban J connectivity index is 1.85. The molecular weight excluding hydrogens is 356 g/mol. The maximum atomic E-state index is 12.0. The van der Waals surface area contributed by atoms with Crippen LogP contribution in [0, 0.1) is 11.3 Å². The average molecular weight is 376 g/mol. The number of hydrogen-bond donors (Lipinski definition) is 3. The van der Waals surface area contributed by atoms with Crippen LogP contribution >= 0.6 is 0 Å². The first kappa shape index (κ1) is 20.3. The van der Waals surface area contributed by atoms with Crippen LogP contribution in [0.15, 0.2) is 67.3 Å². The summed E-state index contributed by atoms with van der Waals surface area (Å²) in [6, 6.07) is 15.4. The number of ether oxygens (including phenoxy) is 1. The molecule has 2 rings (SSSR count). The Hall–Kier alpha value is -4.05. The molecule has 0 bridgehead atoms. The number of nitriles is 1. The molecule has 28 heavy (non-hydrogen) atoms. The molecule has 142 valence electrons. The monoisotopic (exact) mass is 376 g/mol. The van der Waals surface area contributed by atoms with Crippen LogP contribution in [-0.2, 0) is 4.79 Å². The lowest BCUT2D eigenvalue weighted by atomic mass is 10.2. The molecule has 0 spiro atoms. The van der Waals surface area contributed by atoms with Gasteiger partial charge in [0.25, 0.3) is 0 Å². The minimum absolute atomic E-state index is 0.00853. The van der Waals surface area contributed by atoms with E-state index >= 15 is 0 Å². The summed E-state index contributed by atoms with van der Waals surface area (Å²) in [5.41, 5.74) is 2.03. The normalized spacial score (nSPS) is 9.96. The Labute approximate surface area is 163 Å². The molecular formula is C21H20N4O3. The quantitative estimate of drug-likeness (QED) is 0.484. The molecule has 0 aromatic heterocycles. The maximum absolute atomic E-state index is 12.0. The Bertz CT molecular complexity index is 881. The van der Waals surface area contributed by atoms with Crippen LogP contribution in [0.4, 0.5) is 16.2 Å². The van der Waals surface area contributed by atoms with Crippen molar-refractivity contribution in [1.82, 2.24) is 5.32 Å². The topological polar surface area (TPSA) is 103 Å². The minimum atomic E-state index is -0.330. The number of anilines is 2. The zero-order valence-corrected chi connectivity index (χ0v) is 15.1. The van der Waals surface area contributed by atoms with Crippen LogP contribution in [0.5, 0.6) is 5.75 Å². The molecule has 0 aliphatic rings. The van der Waals surface area contributed by atoms with E-state index in [9.17, 15) is 9.59 Å². The Morgan fingerprint density at radius 1 is 1.04 bits per heavy atom. The Morgan fingerprint density at radius 3 is 2.29 bits per heavy atom. The molecule has 7 heteroatoms. The summed E-state index contributed by atoms with van der Waals surface area (Å²) in [7, 11) is 0. The van der Waals surface area contributed by atoms with Crippen molar-refractivity contribution in [3.63, 3.8) is 0 Å². The third-order valence-electron chi connectivity index (χ3n) is 3.43. The van der Waals surface area contributed by atoms with E-state index in [-0.39, 0.29) is 18.5 Å². The van der Waals surface area contributed by atoms with Gasteiger partial charge in [0.05, 0.1) is 0 Å². The standard InChI is InChI=1S/C21H20N4O3/c1-2-14-23-21(27)25-18-8-6-17(7-9-18)24-20(26)12-5-16-3-10-19(11-4-16)28-15-13-22/h2-12H,1,14-15H2,(H,24,26)(H2,23,25,27)/b12-5+. The second kappa shape index (κ2) is 10.8. The SMILES string of the molecule is C=CCNC(=O)Nc1ccc(NC(=O)/C=C/c2ccc(OCC#N)cc2)cc1. The lowest BCUT2D eigenvalue weighted by molar-refractivity contribution is -0.111. The number of rotatable bonds is 8. The van der Waals surface area contributed by atoms with Gasteiger partial charge in [0.2, 0.25) is 5.91 Å². The molecule has 0 aliphatic carbocycles. The summed E-state index contributed by atoms with van der Waals surface area (Å²) in [5.74, 6) is 0.310. The van der Waals surface area contributed by atoms with Crippen molar-refractivity contribution in [2.24, 2.45) is 0 Å². The number of carbonyl (C=O) groups excluding carboxylic acids is 2. The predicted molar refractivity (Wildman–Crippen MR) is 109 cm³/mol. The number of nitrogens with zero attached hydrogens (tertiary/aromatic N) is 1. The fourth-order valence-corrected chi connectivity index (χ4v) is 2.12. The minimum Gasteiger partial charge on any atom is -0.479 e. The molecule has 2 aromatic carbocycles. The van der Waals surface area contributed by atoms with Crippen molar-refractivity contribution in [1.29, 1.82) is 5.26 Å². The Morgan fingerprint density at radius 2 is 1.68 bits per heavy atom. The van der Waals surface area contributed by atoms with E-state index in [1.54, 1.807) is 60.7 Å². The number of benzene rings is 2. The van der Waals surface area contributed by atoms with Gasteiger partial charge in [0.15, 0.2) is 6.61 Å². The largest absolute Gasteiger partial charge is 0.479 e. The highest BCUT2D eigenvalue weighted by Crippen LogP contribution is 2.15. The van der Waals surface area contributed by atoms with Crippen molar-refractivity contribution in [3.8, 4) is 11.8 Å². The third-order valence-corrected chi connectivity index (χ3v) is 3.43. The van der Waals surface area contributed by atoms with E-state index < -0.39 is 0 Å². The van der Waals surface area contributed by atoms with Gasteiger partial charge in [-0.3, -0.25) is 4.79 Å². The van der Waals surface area contributed by atoms with Crippen LogP contribution in [-0.4, -0.2) is 25.1 Å². The van der Waals surface area contributed by atoms with Gasteiger partial charge in [0, 0.05) is 24.0 Å². The zero-order valence-electron chi connectivity index (χ0n) is 15.1. The number of carbonyl (C=O) groups is 2. The first-order valence-corrected chi connectivity index (χ1v) is 8.45. The van der Waals surface area contributed by atoms with Crippen molar-refractivity contribution in [3.05, 3.63) is 72.8 Å². The first-order chi connectivity index (χ1) is 13.6. The molecule has 2 aromatic rings. The summed E-state index contributed by atoms with van der Waals surface area (Å²) in [4.78, 5) is 23.6. The van der Waals surface area contributed by atoms with E-state index in [4.69, 9.17) is 10.00 Å². The summed E-state index contributed by atoms with van der Waals surface area (Å²) in [6.45, 7) is 3.89. The molecule has 0 saturated heterocycles. The van der Waals surface area contributed by atoms with E-state index in [1.807, 2.05) is 6.07 Å². The van der Waals surface area contributed by atoms with Gasteiger partial charge in [-0.05, 0) is 48.0 Å². The second-order valence-electron chi connectivity index (χ2n) is 5.54. The van der Waals surface area contributed by atoms with Crippen molar-refractivity contribution in [2.45, 2.75) is 0 Å². The van der Waals surface area contributed by atoms with Crippen LogP contribution in [0.3, 0.4) is 0 Å². The van der Waals surface area contributed by atoms with Gasteiger partial charge in [-0.15, -0.1) is 6.58 Å².